The second kappa shape index (κ2) is 13.8. The monoisotopic (exact) mass is 634 g/mol. The molecule has 1 aliphatic rings. The highest BCUT2D eigenvalue weighted by Gasteiger charge is 2.40. The smallest absolute Gasteiger partial charge is 0.336 e. The molecule has 0 radical (unpaired) electrons. The average Bonchev–Trinajstić information content (AvgIpc) is 3.44. The standard InChI is InChI=1S/C34H42N4O6S/c1-21(2)19-43-33(39)29-23(5)35-24(6)30(34(40)44-20-22(3)4)31(29)28-18-38(26-12-10-9-11-13-26)36-32(28)25-14-16-27(17-15-25)45(41,42)37(7)8/h9-18,21-22,31,35H,19-20H2,1-8H3. The number of carbonyl (C=O) groups is 2. The summed E-state index contributed by atoms with van der Waals surface area (Å²) in [5, 5.41) is 8.13. The number of hydrogen-bond acceptors (Lipinski definition) is 8. The molecule has 3 aromatic rings. The van der Waals surface area contributed by atoms with Crippen LogP contribution in [0.3, 0.4) is 0 Å². The molecule has 0 saturated heterocycles. The van der Waals surface area contributed by atoms with E-state index in [2.05, 4.69) is 5.32 Å². The molecule has 0 aliphatic carbocycles. The second-order valence-electron chi connectivity index (χ2n) is 12.1. The van der Waals surface area contributed by atoms with Crippen LogP contribution in [0.2, 0.25) is 0 Å². The lowest BCUT2D eigenvalue weighted by molar-refractivity contribution is -0.141. The van der Waals surface area contributed by atoms with Crippen LogP contribution in [-0.4, -0.2) is 61.8 Å². The lowest BCUT2D eigenvalue weighted by Gasteiger charge is -2.30. The molecule has 10 nitrogen and oxygen atoms in total. The first-order valence-electron chi connectivity index (χ1n) is 14.9. The Morgan fingerprint density at radius 1 is 0.867 bits per heavy atom. The maximum atomic E-state index is 13.8. The van der Waals surface area contributed by atoms with E-state index in [1.165, 1.54) is 26.2 Å². The Kier molecular flexibility index (Phi) is 10.3. The van der Waals surface area contributed by atoms with E-state index in [9.17, 15) is 18.0 Å². The number of nitrogens with zero attached hydrogens (tertiary/aromatic N) is 3. The van der Waals surface area contributed by atoms with Gasteiger partial charge in [-0.15, -0.1) is 0 Å². The van der Waals surface area contributed by atoms with E-state index in [4.69, 9.17) is 14.6 Å². The molecule has 0 saturated carbocycles. The van der Waals surface area contributed by atoms with Gasteiger partial charge in [0.05, 0.1) is 46.6 Å². The van der Waals surface area contributed by atoms with E-state index in [0.29, 0.717) is 28.2 Å². The predicted molar refractivity (Wildman–Crippen MR) is 173 cm³/mol. The normalized spacial score (nSPS) is 14.4. The van der Waals surface area contributed by atoms with Crippen molar-refractivity contribution in [1.29, 1.82) is 0 Å². The molecule has 0 fully saturated rings. The van der Waals surface area contributed by atoms with Crippen LogP contribution in [0.4, 0.5) is 0 Å². The number of para-hydroxylation sites is 1. The van der Waals surface area contributed by atoms with E-state index < -0.39 is 27.9 Å². The van der Waals surface area contributed by atoms with Crippen molar-refractivity contribution in [3.8, 4) is 16.9 Å². The molecule has 0 amide bonds. The van der Waals surface area contributed by atoms with Gasteiger partial charge in [0.1, 0.15) is 0 Å². The Bertz CT molecular complexity index is 1670. The first kappa shape index (κ1) is 33.7. The molecule has 45 heavy (non-hydrogen) atoms. The van der Waals surface area contributed by atoms with E-state index in [0.717, 1.165) is 9.99 Å². The molecule has 4 rings (SSSR count). The first-order chi connectivity index (χ1) is 21.2. The number of benzene rings is 2. The minimum Gasteiger partial charge on any atom is -0.462 e. The fourth-order valence-corrected chi connectivity index (χ4v) is 5.92. The van der Waals surface area contributed by atoms with Gasteiger partial charge in [0.15, 0.2) is 0 Å². The summed E-state index contributed by atoms with van der Waals surface area (Å²) in [6.45, 7) is 11.8. The molecular formula is C34H42N4O6S. The first-order valence-corrected chi connectivity index (χ1v) is 16.4. The Morgan fingerprint density at radius 2 is 1.38 bits per heavy atom. The summed E-state index contributed by atoms with van der Waals surface area (Å²) in [7, 11) is -0.713. The number of hydrogen-bond donors (Lipinski definition) is 1. The van der Waals surface area contributed by atoms with Crippen molar-refractivity contribution in [2.45, 2.75) is 52.4 Å². The van der Waals surface area contributed by atoms with Crippen molar-refractivity contribution < 1.29 is 27.5 Å². The lowest BCUT2D eigenvalue weighted by atomic mass is 9.79. The molecule has 2 heterocycles. The van der Waals surface area contributed by atoms with Gasteiger partial charge in [0.25, 0.3) is 0 Å². The van der Waals surface area contributed by atoms with Gasteiger partial charge in [-0.1, -0.05) is 58.0 Å². The van der Waals surface area contributed by atoms with Crippen molar-refractivity contribution in [2.24, 2.45) is 11.8 Å². The van der Waals surface area contributed by atoms with Gasteiger partial charge in [-0.2, -0.15) is 5.10 Å². The van der Waals surface area contributed by atoms with Gasteiger partial charge < -0.3 is 14.8 Å². The van der Waals surface area contributed by atoms with Crippen LogP contribution in [0.5, 0.6) is 0 Å². The second-order valence-corrected chi connectivity index (χ2v) is 14.3. The van der Waals surface area contributed by atoms with E-state index >= 15 is 0 Å². The molecule has 11 heteroatoms. The van der Waals surface area contributed by atoms with E-state index in [-0.39, 0.29) is 41.1 Å². The summed E-state index contributed by atoms with van der Waals surface area (Å²) >= 11 is 0. The van der Waals surface area contributed by atoms with Gasteiger partial charge in [-0.3, -0.25) is 0 Å². The van der Waals surface area contributed by atoms with Crippen LogP contribution >= 0.6 is 0 Å². The molecule has 240 valence electrons. The molecule has 1 aromatic heterocycles. The number of nitrogens with one attached hydrogen (secondary N) is 1. The molecule has 0 atom stereocenters. The summed E-state index contributed by atoms with van der Waals surface area (Å²) in [4.78, 5) is 27.7. The Morgan fingerprint density at radius 3 is 1.84 bits per heavy atom. The number of dihydropyridines is 1. The quantitative estimate of drug-likeness (QED) is 0.278. The maximum absolute atomic E-state index is 13.8. The highest BCUT2D eigenvalue weighted by molar-refractivity contribution is 7.89. The van der Waals surface area contributed by atoms with Gasteiger partial charge in [-0.25, -0.2) is 27.0 Å². The zero-order valence-electron chi connectivity index (χ0n) is 27.1. The van der Waals surface area contributed by atoms with Crippen molar-refractivity contribution in [3.05, 3.63) is 88.9 Å². The third kappa shape index (κ3) is 7.37. The summed E-state index contributed by atoms with van der Waals surface area (Å²) in [5.74, 6) is -1.78. The van der Waals surface area contributed by atoms with E-state index in [1.807, 2.05) is 58.0 Å². The van der Waals surface area contributed by atoms with Crippen molar-refractivity contribution in [3.63, 3.8) is 0 Å². The van der Waals surface area contributed by atoms with Crippen LogP contribution < -0.4 is 5.32 Å². The maximum Gasteiger partial charge on any atom is 0.336 e. The van der Waals surface area contributed by atoms with Gasteiger partial charge in [0, 0.05) is 42.8 Å². The Balaban J connectivity index is 1.97. The van der Waals surface area contributed by atoms with Gasteiger partial charge in [0.2, 0.25) is 10.0 Å². The predicted octanol–water partition coefficient (Wildman–Crippen LogP) is 5.42. The number of allylic oxidation sites excluding steroid dienone is 2. The fourth-order valence-electron chi connectivity index (χ4n) is 5.02. The summed E-state index contributed by atoms with van der Waals surface area (Å²) in [6, 6.07) is 15.9. The molecule has 1 aliphatic heterocycles. The van der Waals surface area contributed by atoms with Gasteiger partial charge in [-0.05, 0) is 49.9 Å². The minimum absolute atomic E-state index is 0.103. The van der Waals surface area contributed by atoms with Crippen molar-refractivity contribution >= 4 is 22.0 Å². The summed E-state index contributed by atoms with van der Waals surface area (Å²) in [5.41, 5.74) is 4.07. The number of sulfonamides is 1. The zero-order chi connectivity index (χ0) is 33.1. The summed E-state index contributed by atoms with van der Waals surface area (Å²) < 4.78 is 39.9. The minimum atomic E-state index is -3.66. The molecular weight excluding hydrogens is 592 g/mol. The highest BCUT2D eigenvalue weighted by Crippen LogP contribution is 2.43. The highest BCUT2D eigenvalue weighted by atomic mass is 32.2. The average molecular weight is 635 g/mol. The third-order valence-corrected chi connectivity index (χ3v) is 9.11. The van der Waals surface area contributed by atoms with E-state index in [1.54, 1.807) is 36.9 Å². The summed E-state index contributed by atoms with van der Waals surface area (Å²) in [6.07, 6.45) is 1.80. The largest absolute Gasteiger partial charge is 0.462 e. The zero-order valence-corrected chi connectivity index (χ0v) is 27.9. The number of esters is 2. The molecule has 0 bridgehead atoms. The SMILES string of the molecule is CC1=C(C(=O)OCC(C)C)C(c2cn(-c3ccccc3)nc2-c2ccc(S(=O)(=O)N(C)C)cc2)C(C(=O)OCC(C)C)=C(C)N1. The van der Waals surface area contributed by atoms with Crippen molar-refractivity contribution in [1.82, 2.24) is 19.4 Å². The van der Waals surface area contributed by atoms with Gasteiger partial charge >= 0.3 is 11.9 Å². The fraction of sp³-hybridized carbons (Fsp3) is 0.382. The van der Waals surface area contributed by atoms with Crippen LogP contribution in [0, 0.1) is 11.8 Å². The van der Waals surface area contributed by atoms with Crippen LogP contribution in [0.25, 0.3) is 16.9 Å². The number of ether oxygens (including phenoxy) is 2. The molecule has 1 N–H and O–H groups in total. The van der Waals surface area contributed by atoms with Crippen LogP contribution in [0.15, 0.2) is 88.2 Å². The van der Waals surface area contributed by atoms with Crippen LogP contribution in [0.1, 0.15) is 53.0 Å². The van der Waals surface area contributed by atoms with Crippen molar-refractivity contribution in [2.75, 3.05) is 27.3 Å². The van der Waals surface area contributed by atoms with Crippen LogP contribution in [-0.2, 0) is 29.1 Å². The number of aromatic nitrogens is 2. The number of rotatable bonds is 11. The Hall–Kier alpha value is -4.22. The molecule has 0 spiro atoms. The molecule has 2 aromatic carbocycles. The third-order valence-electron chi connectivity index (χ3n) is 7.28. The molecule has 0 unspecified atom stereocenters. The Labute approximate surface area is 265 Å². The topological polar surface area (TPSA) is 120 Å². The lowest BCUT2D eigenvalue weighted by Crippen LogP contribution is -2.33. The number of carbonyl (C=O) groups excluding carboxylic acids is 2.